The molecule has 1 atom stereocenters. The van der Waals surface area contributed by atoms with Crippen molar-refractivity contribution in [3.05, 3.63) is 68.7 Å². The SMILES string of the molecule is Cc1cc([N+](=O)[O-])ccc1NC(=O)CCN(C)C(C)c1cccc(Cl)c1. The van der Waals surface area contributed by atoms with Crippen LogP contribution in [0.3, 0.4) is 0 Å². The van der Waals surface area contributed by atoms with E-state index in [2.05, 4.69) is 17.1 Å². The quantitative estimate of drug-likeness (QED) is 0.567. The number of anilines is 1. The molecule has 2 rings (SSSR count). The van der Waals surface area contributed by atoms with Gasteiger partial charge in [0.1, 0.15) is 0 Å². The molecule has 0 fully saturated rings. The van der Waals surface area contributed by atoms with Crippen molar-refractivity contribution in [3.8, 4) is 0 Å². The van der Waals surface area contributed by atoms with Gasteiger partial charge in [-0.1, -0.05) is 23.7 Å². The first-order chi connectivity index (χ1) is 12.3. The van der Waals surface area contributed by atoms with E-state index in [0.717, 1.165) is 5.56 Å². The molecule has 0 saturated carbocycles. The molecular formula is C19H22ClN3O3. The minimum atomic E-state index is -0.454. The lowest BCUT2D eigenvalue weighted by molar-refractivity contribution is -0.384. The van der Waals surface area contributed by atoms with Crippen LogP contribution in [0.1, 0.15) is 30.5 Å². The summed E-state index contributed by atoms with van der Waals surface area (Å²) in [5.74, 6) is -0.132. The van der Waals surface area contributed by atoms with Crippen molar-refractivity contribution in [2.45, 2.75) is 26.3 Å². The molecule has 0 radical (unpaired) electrons. The number of rotatable bonds is 7. The number of benzene rings is 2. The fourth-order valence-electron chi connectivity index (χ4n) is 2.61. The maximum absolute atomic E-state index is 12.2. The topological polar surface area (TPSA) is 75.5 Å². The second kappa shape index (κ2) is 8.78. The highest BCUT2D eigenvalue weighted by molar-refractivity contribution is 6.30. The second-order valence-electron chi connectivity index (χ2n) is 6.27. The third-order valence-electron chi connectivity index (χ3n) is 4.38. The lowest BCUT2D eigenvalue weighted by Crippen LogP contribution is -2.27. The van der Waals surface area contributed by atoms with Crippen LogP contribution in [0.25, 0.3) is 0 Å². The van der Waals surface area contributed by atoms with E-state index in [4.69, 9.17) is 11.6 Å². The number of hydrogen-bond donors (Lipinski definition) is 1. The molecule has 2 aromatic rings. The molecule has 0 aliphatic carbocycles. The number of carbonyl (C=O) groups excluding carboxylic acids is 1. The van der Waals surface area contributed by atoms with Crippen LogP contribution in [-0.4, -0.2) is 29.3 Å². The molecule has 7 heteroatoms. The van der Waals surface area contributed by atoms with E-state index in [1.54, 1.807) is 13.0 Å². The number of aryl methyl sites for hydroxylation is 1. The van der Waals surface area contributed by atoms with Gasteiger partial charge in [0, 0.05) is 41.9 Å². The first kappa shape index (κ1) is 19.9. The van der Waals surface area contributed by atoms with Crippen molar-refractivity contribution < 1.29 is 9.72 Å². The highest BCUT2D eigenvalue weighted by atomic mass is 35.5. The standard InChI is InChI=1S/C19H22ClN3O3/c1-13-11-17(23(25)26)7-8-18(13)21-19(24)9-10-22(3)14(2)15-5-4-6-16(20)12-15/h4-8,11-12,14H,9-10H2,1-3H3,(H,21,24). The Morgan fingerprint density at radius 1 is 1.31 bits per heavy atom. The van der Waals surface area contributed by atoms with E-state index in [1.165, 1.54) is 12.1 Å². The van der Waals surface area contributed by atoms with Crippen LogP contribution in [0.4, 0.5) is 11.4 Å². The third kappa shape index (κ3) is 5.28. The van der Waals surface area contributed by atoms with Crippen LogP contribution in [0.2, 0.25) is 5.02 Å². The van der Waals surface area contributed by atoms with Gasteiger partial charge in [-0.25, -0.2) is 0 Å². The Bertz CT molecular complexity index is 810. The smallest absolute Gasteiger partial charge is 0.269 e. The molecule has 6 nitrogen and oxygen atoms in total. The minimum Gasteiger partial charge on any atom is -0.326 e. The predicted octanol–water partition coefficient (Wildman–Crippen LogP) is 4.58. The zero-order valence-electron chi connectivity index (χ0n) is 15.0. The molecule has 0 aliphatic heterocycles. The number of nitro groups is 1. The Balaban J connectivity index is 1.91. The summed E-state index contributed by atoms with van der Waals surface area (Å²) in [4.78, 5) is 24.6. The molecule has 1 N–H and O–H groups in total. The Morgan fingerprint density at radius 3 is 2.65 bits per heavy atom. The summed E-state index contributed by atoms with van der Waals surface area (Å²) in [5, 5.41) is 14.3. The van der Waals surface area contributed by atoms with E-state index >= 15 is 0 Å². The molecule has 2 aromatic carbocycles. The van der Waals surface area contributed by atoms with Crippen molar-refractivity contribution >= 4 is 28.9 Å². The number of nitro benzene ring substituents is 1. The molecule has 138 valence electrons. The first-order valence-corrected chi connectivity index (χ1v) is 8.66. The van der Waals surface area contributed by atoms with Crippen LogP contribution in [0.15, 0.2) is 42.5 Å². The molecule has 0 bridgehead atoms. The van der Waals surface area contributed by atoms with Gasteiger partial charge in [-0.2, -0.15) is 0 Å². The van der Waals surface area contributed by atoms with E-state index in [9.17, 15) is 14.9 Å². The van der Waals surface area contributed by atoms with Gasteiger partial charge in [-0.05, 0) is 50.2 Å². The number of nitrogens with one attached hydrogen (secondary N) is 1. The lowest BCUT2D eigenvalue weighted by Gasteiger charge is -2.25. The van der Waals surface area contributed by atoms with Crippen LogP contribution in [0.5, 0.6) is 0 Å². The number of non-ortho nitro benzene ring substituents is 1. The summed E-state index contributed by atoms with van der Waals surface area (Å²) < 4.78 is 0. The zero-order chi connectivity index (χ0) is 19.3. The third-order valence-corrected chi connectivity index (χ3v) is 4.61. The van der Waals surface area contributed by atoms with Crippen LogP contribution >= 0.6 is 11.6 Å². The van der Waals surface area contributed by atoms with Gasteiger partial charge in [-0.15, -0.1) is 0 Å². The monoisotopic (exact) mass is 375 g/mol. The highest BCUT2D eigenvalue weighted by Gasteiger charge is 2.14. The Hall–Kier alpha value is -2.44. The van der Waals surface area contributed by atoms with Crippen LogP contribution < -0.4 is 5.32 Å². The molecule has 0 aromatic heterocycles. The molecule has 0 saturated heterocycles. The first-order valence-electron chi connectivity index (χ1n) is 8.28. The summed E-state index contributed by atoms with van der Waals surface area (Å²) in [7, 11) is 1.95. The molecule has 0 aliphatic rings. The summed E-state index contributed by atoms with van der Waals surface area (Å²) >= 11 is 6.03. The Morgan fingerprint density at radius 2 is 2.04 bits per heavy atom. The normalized spacial score (nSPS) is 12.0. The van der Waals surface area contributed by atoms with Gasteiger partial charge in [0.05, 0.1) is 4.92 Å². The highest BCUT2D eigenvalue weighted by Crippen LogP contribution is 2.23. The predicted molar refractivity (Wildman–Crippen MR) is 104 cm³/mol. The van der Waals surface area contributed by atoms with E-state index in [1.807, 2.05) is 31.3 Å². The van der Waals surface area contributed by atoms with Gasteiger partial charge in [0.2, 0.25) is 5.91 Å². The maximum Gasteiger partial charge on any atom is 0.269 e. The van der Waals surface area contributed by atoms with Gasteiger partial charge < -0.3 is 5.32 Å². The number of halogens is 1. The van der Waals surface area contributed by atoms with Gasteiger partial charge in [0.15, 0.2) is 0 Å². The van der Waals surface area contributed by atoms with E-state index in [-0.39, 0.29) is 17.6 Å². The van der Waals surface area contributed by atoms with Crippen LogP contribution in [-0.2, 0) is 4.79 Å². The van der Waals surface area contributed by atoms with Crippen molar-refractivity contribution in [2.24, 2.45) is 0 Å². The van der Waals surface area contributed by atoms with E-state index in [0.29, 0.717) is 29.2 Å². The van der Waals surface area contributed by atoms with Crippen molar-refractivity contribution in [1.82, 2.24) is 4.90 Å². The zero-order valence-corrected chi connectivity index (χ0v) is 15.8. The van der Waals surface area contributed by atoms with Crippen molar-refractivity contribution in [1.29, 1.82) is 0 Å². The largest absolute Gasteiger partial charge is 0.326 e. The number of carbonyl (C=O) groups is 1. The van der Waals surface area contributed by atoms with E-state index < -0.39 is 4.92 Å². The number of amides is 1. The lowest BCUT2D eigenvalue weighted by atomic mass is 10.1. The van der Waals surface area contributed by atoms with Gasteiger partial charge in [0.25, 0.3) is 5.69 Å². The molecule has 0 heterocycles. The molecular weight excluding hydrogens is 354 g/mol. The number of hydrogen-bond acceptors (Lipinski definition) is 4. The van der Waals surface area contributed by atoms with Crippen LogP contribution in [0, 0.1) is 17.0 Å². The Kier molecular flexibility index (Phi) is 6.71. The fourth-order valence-corrected chi connectivity index (χ4v) is 2.81. The summed E-state index contributed by atoms with van der Waals surface area (Å²) in [6.07, 6.45) is 0.317. The summed E-state index contributed by atoms with van der Waals surface area (Å²) in [6, 6.07) is 12.2. The fraction of sp³-hybridized carbons (Fsp3) is 0.316. The van der Waals surface area contributed by atoms with Gasteiger partial charge >= 0.3 is 0 Å². The summed E-state index contributed by atoms with van der Waals surface area (Å²) in [5.41, 5.74) is 2.35. The number of nitrogens with zero attached hydrogens (tertiary/aromatic N) is 2. The molecule has 1 amide bonds. The molecule has 26 heavy (non-hydrogen) atoms. The summed E-state index contributed by atoms with van der Waals surface area (Å²) in [6.45, 7) is 4.37. The maximum atomic E-state index is 12.2. The average Bonchev–Trinajstić information content (AvgIpc) is 2.60. The molecule has 1 unspecified atom stereocenters. The Labute approximate surface area is 157 Å². The van der Waals surface area contributed by atoms with Gasteiger partial charge in [-0.3, -0.25) is 19.8 Å². The minimum absolute atomic E-state index is 0.00980. The van der Waals surface area contributed by atoms with Crippen molar-refractivity contribution in [2.75, 3.05) is 18.9 Å². The second-order valence-corrected chi connectivity index (χ2v) is 6.70. The molecule has 0 spiro atoms. The average molecular weight is 376 g/mol. The van der Waals surface area contributed by atoms with Crippen molar-refractivity contribution in [3.63, 3.8) is 0 Å².